The van der Waals surface area contributed by atoms with Crippen molar-refractivity contribution in [2.45, 2.75) is 142 Å². The lowest BCUT2D eigenvalue weighted by Crippen LogP contribution is -1.97. The van der Waals surface area contributed by atoms with Gasteiger partial charge in [-0.2, -0.15) is 8.42 Å². The zero-order chi connectivity index (χ0) is 29.1. The molecule has 0 radical (unpaired) electrons. The van der Waals surface area contributed by atoms with Crippen molar-refractivity contribution < 1.29 is 36.5 Å². The van der Waals surface area contributed by atoms with Crippen LogP contribution in [0.25, 0.3) is 0 Å². The Balaban J connectivity index is -0.000000342. The minimum atomic E-state index is -4.67. The van der Waals surface area contributed by atoms with Gasteiger partial charge in [-0.15, -0.1) is 0 Å². The van der Waals surface area contributed by atoms with E-state index in [1.807, 2.05) is 0 Å². The fourth-order valence-electron chi connectivity index (χ4n) is 3.49. The number of rotatable bonds is 22. The van der Waals surface area contributed by atoms with Crippen LogP contribution in [0.15, 0.2) is 0 Å². The molecular formula is C30H70N2O8S. The predicted octanol–water partition coefficient (Wildman–Crippen LogP) is 8.57. The highest BCUT2D eigenvalue weighted by molar-refractivity contribution is 7.79. The molecule has 0 aromatic rings. The maximum atomic E-state index is 8.74. The first kappa shape index (κ1) is 47.6. The third-order valence-electron chi connectivity index (χ3n) is 5.90. The van der Waals surface area contributed by atoms with Gasteiger partial charge in [0.05, 0.1) is 39.6 Å². The topological polar surface area (TPSA) is 191 Å². The quantitative estimate of drug-likeness (QED) is 0.0519. The summed E-state index contributed by atoms with van der Waals surface area (Å²) in [6.45, 7) is 12.6. The summed E-state index contributed by atoms with van der Waals surface area (Å²) >= 11 is 0. The molecule has 8 N–H and O–H groups in total. The van der Waals surface area contributed by atoms with E-state index in [0.717, 1.165) is 52.9 Å². The molecule has 3 aliphatic heterocycles. The van der Waals surface area contributed by atoms with Crippen molar-refractivity contribution in [2.75, 3.05) is 52.9 Å². The molecule has 0 aromatic heterocycles. The van der Waals surface area contributed by atoms with E-state index in [0.29, 0.717) is 0 Å². The number of hydrogen-bond acceptors (Lipinski definition) is 8. The molecule has 3 fully saturated rings. The maximum Gasteiger partial charge on any atom is 0.394 e. The summed E-state index contributed by atoms with van der Waals surface area (Å²) in [6.07, 6.45) is 28.2. The van der Waals surface area contributed by atoms with Crippen LogP contribution in [0.2, 0.25) is 0 Å². The van der Waals surface area contributed by atoms with Crippen LogP contribution in [0.4, 0.5) is 0 Å². The highest BCUT2D eigenvalue weighted by Crippen LogP contribution is 2.12. The Bertz CT molecular complexity index is 484. The molecule has 3 heterocycles. The second-order valence-corrected chi connectivity index (χ2v) is 11.2. The summed E-state index contributed by atoms with van der Waals surface area (Å²) in [5.41, 5.74) is 0. The zero-order valence-corrected chi connectivity index (χ0v) is 27.8. The molecule has 41 heavy (non-hydrogen) atoms. The lowest BCUT2D eigenvalue weighted by molar-refractivity contribution is 0.125. The zero-order valence-electron chi connectivity index (χ0n) is 27.0. The van der Waals surface area contributed by atoms with Crippen LogP contribution in [-0.2, 0) is 29.3 Å². The molecular weight excluding hydrogens is 548 g/mol. The second kappa shape index (κ2) is 41.8. The van der Waals surface area contributed by atoms with E-state index in [-0.39, 0.29) is 12.3 Å². The van der Waals surface area contributed by atoms with Crippen LogP contribution in [-0.4, -0.2) is 70.4 Å². The largest absolute Gasteiger partial charge is 0.394 e. The number of ether oxygens (including phenoxy) is 4. The molecule has 11 heteroatoms. The molecule has 0 aromatic carbocycles. The van der Waals surface area contributed by atoms with Crippen LogP contribution in [0.3, 0.4) is 0 Å². The molecule has 3 saturated heterocycles. The Kier molecular flexibility index (Phi) is 48.4. The second-order valence-electron chi connectivity index (χ2n) is 10.3. The Hall–Kier alpha value is -0.370. The van der Waals surface area contributed by atoms with Gasteiger partial charge in [-0.05, 0) is 12.8 Å². The first-order chi connectivity index (χ1) is 18.9. The fourth-order valence-corrected chi connectivity index (χ4v) is 3.49. The molecule has 10 nitrogen and oxygen atoms in total. The van der Waals surface area contributed by atoms with Crippen molar-refractivity contribution in [3.05, 3.63) is 0 Å². The summed E-state index contributed by atoms with van der Waals surface area (Å²) in [7, 11) is -4.67. The molecule has 3 aliphatic rings. The van der Waals surface area contributed by atoms with Gasteiger partial charge in [0.15, 0.2) is 0 Å². The van der Waals surface area contributed by atoms with Gasteiger partial charge in [0, 0.05) is 13.2 Å². The van der Waals surface area contributed by atoms with E-state index >= 15 is 0 Å². The van der Waals surface area contributed by atoms with E-state index in [9.17, 15) is 0 Å². The Labute approximate surface area is 254 Å². The van der Waals surface area contributed by atoms with Gasteiger partial charge in [0.2, 0.25) is 0 Å². The normalized spacial score (nSPS) is 13.6. The lowest BCUT2D eigenvalue weighted by Gasteiger charge is -2.05. The van der Waals surface area contributed by atoms with Crippen molar-refractivity contribution in [1.29, 1.82) is 0 Å². The maximum absolute atomic E-state index is 8.74. The fraction of sp³-hybridized carbons (Fsp3) is 1.00. The molecule has 0 unspecified atom stereocenters. The molecule has 0 bridgehead atoms. The average Bonchev–Trinajstić information content (AvgIpc) is 3.74. The third-order valence-corrected chi connectivity index (χ3v) is 5.90. The molecule has 0 aliphatic carbocycles. The first-order valence-corrected chi connectivity index (χ1v) is 17.3. The smallest absolute Gasteiger partial charge is 0.381 e. The van der Waals surface area contributed by atoms with Gasteiger partial charge in [0.25, 0.3) is 0 Å². The molecule has 0 atom stereocenters. The Morgan fingerprint density at radius 1 is 0.463 bits per heavy atom. The van der Waals surface area contributed by atoms with Crippen molar-refractivity contribution in [3.8, 4) is 0 Å². The van der Waals surface area contributed by atoms with Gasteiger partial charge >= 0.3 is 10.4 Å². The van der Waals surface area contributed by atoms with Crippen molar-refractivity contribution in [2.24, 2.45) is 0 Å². The SMILES string of the molecule is C1CO1.C1CO1.C1CO1.CCCCCCCCCCCCOCCCCCCCCCCCC.N.N.O=S(=O)(O)O. The standard InChI is InChI=1S/C24H50O.3C2H4O.2H3N.H2O4S/c1-3-5-7-9-11-13-15-17-19-21-23-25-24-22-20-18-16-14-12-10-8-6-4-2;3*1-2-3-1;;;1-5(2,3)4/h3-24H2,1-2H3;3*1-2H2;2*1H3;(H2,1,2,3,4). The van der Waals surface area contributed by atoms with E-state index < -0.39 is 10.4 Å². The van der Waals surface area contributed by atoms with Gasteiger partial charge in [-0.1, -0.05) is 129 Å². The summed E-state index contributed by atoms with van der Waals surface area (Å²) in [4.78, 5) is 0. The molecule has 0 spiro atoms. The van der Waals surface area contributed by atoms with Crippen molar-refractivity contribution >= 4 is 10.4 Å². The highest BCUT2D eigenvalue weighted by Gasteiger charge is 1.96. The molecule has 0 amide bonds. The van der Waals surface area contributed by atoms with E-state index in [4.69, 9.17) is 22.3 Å². The van der Waals surface area contributed by atoms with E-state index in [1.54, 1.807) is 0 Å². The first-order valence-electron chi connectivity index (χ1n) is 15.9. The highest BCUT2D eigenvalue weighted by atomic mass is 32.3. The predicted molar refractivity (Wildman–Crippen MR) is 171 cm³/mol. The Morgan fingerprint density at radius 2 is 0.634 bits per heavy atom. The number of unbranched alkanes of at least 4 members (excludes halogenated alkanes) is 18. The van der Waals surface area contributed by atoms with E-state index in [1.165, 1.54) is 128 Å². The molecule has 0 saturated carbocycles. The summed E-state index contributed by atoms with van der Waals surface area (Å²) < 4.78 is 50.9. The van der Waals surface area contributed by atoms with Crippen LogP contribution in [0.1, 0.15) is 142 Å². The average molecular weight is 619 g/mol. The number of epoxide rings is 3. The van der Waals surface area contributed by atoms with Crippen molar-refractivity contribution in [1.82, 2.24) is 12.3 Å². The number of hydrogen-bond donors (Lipinski definition) is 4. The minimum Gasteiger partial charge on any atom is -0.381 e. The third kappa shape index (κ3) is 92.5. The van der Waals surface area contributed by atoms with Crippen LogP contribution >= 0.6 is 0 Å². The molecule has 254 valence electrons. The monoisotopic (exact) mass is 618 g/mol. The minimum absolute atomic E-state index is 0. The lowest BCUT2D eigenvalue weighted by atomic mass is 10.1. The summed E-state index contributed by atoms with van der Waals surface area (Å²) in [5.74, 6) is 0. The summed E-state index contributed by atoms with van der Waals surface area (Å²) in [5, 5.41) is 0. The van der Waals surface area contributed by atoms with Crippen LogP contribution in [0, 0.1) is 0 Å². The Morgan fingerprint density at radius 3 is 0.805 bits per heavy atom. The van der Waals surface area contributed by atoms with Gasteiger partial charge in [-0.3, -0.25) is 9.11 Å². The van der Waals surface area contributed by atoms with Gasteiger partial charge in [0.1, 0.15) is 0 Å². The van der Waals surface area contributed by atoms with Crippen molar-refractivity contribution in [3.63, 3.8) is 0 Å². The van der Waals surface area contributed by atoms with Crippen LogP contribution < -0.4 is 12.3 Å². The van der Waals surface area contributed by atoms with Gasteiger partial charge in [-0.25, -0.2) is 0 Å². The summed E-state index contributed by atoms with van der Waals surface area (Å²) in [6, 6.07) is 0. The van der Waals surface area contributed by atoms with Gasteiger partial charge < -0.3 is 31.2 Å². The van der Waals surface area contributed by atoms with Crippen LogP contribution in [0.5, 0.6) is 0 Å². The van der Waals surface area contributed by atoms with E-state index in [2.05, 4.69) is 28.1 Å². The molecule has 3 rings (SSSR count).